The lowest BCUT2D eigenvalue weighted by Gasteiger charge is -2.11. The molecular formula is C19H26N4O2. The number of carbonyl (C=O) groups is 1. The van der Waals surface area contributed by atoms with Gasteiger partial charge >= 0.3 is 0 Å². The van der Waals surface area contributed by atoms with E-state index in [9.17, 15) is 10.1 Å². The molecule has 0 unspecified atom stereocenters. The van der Waals surface area contributed by atoms with Crippen LogP contribution in [0.25, 0.3) is 0 Å². The molecule has 0 fully saturated rings. The maximum Gasteiger partial charge on any atom is 0.258 e. The van der Waals surface area contributed by atoms with E-state index in [2.05, 4.69) is 23.3 Å². The molecule has 0 aliphatic rings. The lowest BCUT2D eigenvalue weighted by atomic mass is 10.1. The van der Waals surface area contributed by atoms with Crippen LogP contribution in [0.1, 0.15) is 45.1 Å². The van der Waals surface area contributed by atoms with Crippen LogP contribution in [0.5, 0.6) is 5.75 Å². The summed E-state index contributed by atoms with van der Waals surface area (Å²) in [5, 5.41) is 12.0. The molecule has 134 valence electrons. The molecule has 0 aliphatic heterocycles. The molecule has 0 aliphatic carbocycles. The van der Waals surface area contributed by atoms with E-state index in [1.165, 1.54) is 19.0 Å². The first-order valence-electron chi connectivity index (χ1n) is 8.41. The highest BCUT2D eigenvalue weighted by Gasteiger charge is 2.13. The van der Waals surface area contributed by atoms with Gasteiger partial charge in [0.2, 0.25) is 0 Å². The minimum atomic E-state index is -0.372. The van der Waals surface area contributed by atoms with Crippen LogP contribution in [-0.2, 0) is 4.79 Å². The molecular weight excluding hydrogens is 316 g/mol. The number of hydrogen-bond donors (Lipinski definition) is 2. The summed E-state index contributed by atoms with van der Waals surface area (Å²) in [6.07, 6.45) is 5.63. The lowest BCUT2D eigenvalue weighted by Crippen LogP contribution is -2.20. The normalized spacial score (nSPS) is 11.8. The molecule has 1 aromatic carbocycles. The van der Waals surface area contributed by atoms with Crippen molar-refractivity contribution in [3.8, 4) is 11.8 Å². The minimum Gasteiger partial charge on any atom is -0.492 e. The van der Waals surface area contributed by atoms with Gasteiger partial charge in [-0.1, -0.05) is 26.2 Å². The Morgan fingerprint density at radius 2 is 2.16 bits per heavy atom. The van der Waals surface area contributed by atoms with Crippen molar-refractivity contribution in [2.45, 2.75) is 39.5 Å². The number of nitrogens with zero attached hydrogens (tertiary/aromatic N) is 2. The maximum absolute atomic E-state index is 12.2. The number of carbonyl (C=O) groups excluding carboxylic acids is 1. The van der Waals surface area contributed by atoms with Crippen molar-refractivity contribution in [3.05, 3.63) is 35.5 Å². The van der Waals surface area contributed by atoms with E-state index < -0.39 is 0 Å². The van der Waals surface area contributed by atoms with Crippen LogP contribution in [0.15, 0.2) is 35.0 Å². The van der Waals surface area contributed by atoms with E-state index in [0.29, 0.717) is 29.3 Å². The first-order chi connectivity index (χ1) is 12.1. The van der Waals surface area contributed by atoms with Gasteiger partial charge in [-0.2, -0.15) is 5.26 Å². The fraction of sp³-hybridized carbons (Fsp3) is 0.421. The smallest absolute Gasteiger partial charge is 0.258 e. The number of benzene rings is 1. The quantitative estimate of drug-likeness (QED) is 0.408. The van der Waals surface area contributed by atoms with Crippen molar-refractivity contribution in [1.29, 1.82) is 5.26 Å². The Morgan fingerprint density at radius 3 is 2.76 bits per heavy atom. The zero-order chi connectivity index (χ0) is 18.7. The molecule has 1 aromatic rings. The van der Waals surface area contributed by atoms with Crippen molar-refractivity contribution in [1.82, 2.24) is 0 Å². The van der Waals surface area contributed by atoms with Crippen LogP contribution in [0.4, 0.5) is 5.69 Å². The van der Waals surface area contributed by atoms with Crippen LogP contribution in [0, 0.1) is 11.3 Å². The number of unbranched alkanes of at least 4 members (excludes halogenated alkanes) is 3. The first kappa shape index (κ1) is 20.2. The summed E-state index contributed by atoms with van der Waals surface area (Å²) in [5.41, 5.74) is 7.21. The SMILES string of the molecule is CCCCCCOc1ccc(NC(=O)C(=CN)C(C)=NC)cc1C#N. The van der Waals surface area contributed by atoms with Crippen molar-refractivity contribution >= 4 is 17.3 Å². The molecule has 0 atom stereocenters. The number of nitrogens with one attached hydrogen (secondary N) is 1. The summed E-state index contributed by atoms with van der Waals surface area (Å²) in [7, 11) is 1.59. The molecule has 6 nitrogen and oxygen atoms in total. The summed E-state index contributed by atoms with van der Waals surface area (Å²) in [5.74, 6) is 0.153. The molecule has 0 spiro atoms. The molecule has 6 heteroatoms. The highest BCUT2D eigenvalue weighted by Crippen LogP contribution is 2.23. The molecule has 3 N–H and O–H groups in total. The Bertz CT molecular complexity index is 687. The van der Waals surface area contributed by atoms with Gasteiger partial charge in [-0.25, -0.2) is 0 Å². The van der Waals surface area contributed by atoms with Gasteiger partial charge < -0.3 is 15.8 Å². The topological polar surface area (TPSA) is 100 Å². The number of ether oxygens (including phenoxy) is 1. The van der Waals surface area contributed by atoms with E-state index in [1.54, 1.807) is 32.2 Å². The van der Waals surface area contributed by atoms with E-state index in [1.807, 2.05) is 0 Å². The zero-order valence-electron chi connectivity index (χ0n) is 15.1. The van der Waals surface area contributed by atoms with Crippen molar-refractivity contribution in [2.75, 3.05) is 19.0 Å². The fourth-order valence-corrected chi connectivity index (χ4v) is 2.21. The molecule has 0 saturated heterocycles. The highest BCUT2D eigenvalue weighted by molar-refractivity contribution is 6.24. The van der Waals surface area contributed by atoms with E-state index in [4.69, 9.17) is 10.5 Å². The average molecular weight is 342 g/mol. The second-order valence-electron chi connectivity index (χ2n) is 5.58. The van der Waals surface area contributed by atoms with Gasteiger partial charge in [0.25, 0.3) is 5.91 Å². The Balaban J connectivity index is 2.78. The van der Waals surface area contributed by atoms with Gasteiger partial charge in [0.1, 0.15) is 11.8 Å². The van der Waals surface area contributed by atoms with Gasteiger partial charge in [-0.3, -0.25) is 9.79 Å². The number of aliphatic imine (C=N–C) groups is 1. The number of nitrogens with two attached hydrogens (primary N) is 1. The molecule has 0 bridgehead atoms. The third-order valence-corrected chi connectivity index (χ3v) is 3.75. The number of hydrogen-bond acceptors (Lipinski definition) is 5. The van der Waals surface area contributed by atoms with Gasteiger partial charge in [-0.05, 0) is 31.5 Å². The van der Waals surface area contributed by atoms with Gasteiger partial charge in [0.15, 0.2) is 0 Å². The third-order valence-electron chi connectivity index (χ3n) is 3.75. The number of nitriles is 1. The predicted molar refractivity (Wildman–Crippen MR) is 101 cm³/mol. The predicted octanol–water partition coefficient (Wildman–Crippen LogP) is 3.39. The molecule has 1 rings (SSSR count). The number of anilines is 1. The summed E-state index contributed by atoms with van der Waals surface area (Å²) < 4.78 is 5.67. The van der Waals surface area contributed by atoms with Crippen molar-refractivity contribution in [3.63, 3.8) is 0 Å². The van der Waals surface area contributed by atoms with E-state index in [0.717, 1.165) is 12.8 Å². The van der Waals surface area contributed by atoms with Crippen molar-refractivity contribution < 1.29 is 9.53 Å². The van der Waals surface area contributed by atoms with Gasteiger partial charge in [0.05, 0.1) is 17.7 Å². The second-order valence-corrected chi connectivity index (χ2v) is 5.58. The second kappa shape index (κ2) is 10.9. The van der Waals surface area contributed by atoms with Gasteiger partial charge in [0, 0.05) is 24.6 Å². The Hall–Kier alpha value is -2.81. The average Bonchev–Trinajstić information content (AvgIpc) is 2.62. The van der Waals surface area contributed by atoms with Crippen LogP contribution < -0.4 is 15.8 Å². The monoisotopic (exact) mass is 342 g/mol. The first-order valence-corrected chi connectivity index (χ1v) is 8.41. The molecule has 0 aromatic heterocycles. The molecule has 0 saturated carbocycles. The van der Waals surface area contributed by atoms with Crippen LogP contribution >= 0.6 is 0 Å². The fourth-order valence-electron chi connectivity index (χ4n) is 2.21. The standard InChI is InChI=1S/C19H26N4O2/c1-4-5-6-7-10-25-18-9-8-16(11-15(18)12-20)23-19(24)17(13-21)14(2)22-3/h8-9,11,13H,4-7,10,21H2,1-3H3,(H,23,24). The summed E-state index contributed by atoms with van der Waals surface area (Å²) in [6, 6.07) is 7.08. The van der Waals surface area contributed by atoms with E-state index >= 15 is 0 Å². The summed E-state index contributed by atoms with van der Waals surface area (Å²) in [6.45, 7) is 4.43. The minimum absolute atomic E-state index is 0.289. The summed E-state index contributed by atoms with van der Waals surface area (Å²) >= 11 is 0. The lowest BCUT2D eigenvalue weighted by molar-refractivity contribution is -0.112. The summed E-state index contributed by atoms with van der Waals surface area (Å²) in [4.78, 5) is 16.2. The zero-order valence-corrected chi connectivity index (χ0v) is 15.1. The maximum atomic E-state index is 12.2. The highest BCUT2D eigenvalue weighted by atomic mass is 16.5. The van der Waals surface area contributed by atoms with Crippen LogP contribution in [0.3, 0.4) is 0 Å². The molecule has 1 amide bonds. The molecule has 0 radical (unpaired) electrons. The Kier molecular flexibility index (Phi) is 8.80. The largest absolute Gasteiger partial charge is 0.492 e. The van der Waals surface area contributed by atoms with Gasteiger partial charge in [-0.15, -0.1) is 0 Å². The molecule has 25 heavy (non-hydrogen) atoms. The van der Waals surface area contributed by atoms with Crippen LogP contribution in [-0.4, -0.2) is 25.3 Å². The number of amides is 1. The third kappa shape index (κ3) is 6.30. The van der Waals surface area contributed by atoms with E-state index in [-0.39, 0.29) is 11.5 Å². The number of rotatable bonds is 9. The van der Waals surface area contributed by atoms with Crippen LogP contribution in [0.2, 0.25) is 0 Å². The Morgan fingerprint density at radius 1 is 1.40 bits per heavy atom. The molecule has 0 heterocycles. The van der Waals surface area contributed by atoms with Crippen molar-refractivity contribution in [2.24, 2.45) is 10.7 Å². The Labute approximate surface area is 149 Å².